The Morgan fingerprint density at radius 1 is 1.25 bits per heavy atom. The van der Waals surface area contributed by atoms with Gasteiger partial charge in [0.15, 0.2) is 0 Å². The van der Waals surface area contributed by atoms with Crippen LogP contribution in [0.5, 0.6) is 0 Å². The molecule has 1 aromatic rings. The van der Waals surface area contributed by atoms with Crippen LogP contribution >= 0.6 is 24.8 Å². The van der Waals surface area contributed by atoms with Gasteiger partial charge in [0.1, 0.15) is 0 Å². The van der Waals surface area contributed by atoms with E-state index in [1.54, 1.807) is 0 Å². The van der Waals surface area contributed by atoms with E-state index in [-0.39, 0.29) is 30.6 Å². The van der Waals surface area contributed by atoms with E-state index in [1.165, 1.54) is 5.56 Å². The summed E-state index contributed by atoms with van der Waals surface area (Å²) in [6.45, 7) is 1.75. The molecule has 0 fully saturated rings. The molecule has 1 rings (SSSR count). The van der Waals surface area contributed by atoms with E-state index < -0.39 is 0 Å². The Kier molecular flexibility index (Phi) is 10.4. The zero-order valence-corrected chi connectivity index (χ0v) is 11.0. The molecule has 0 bridgehead atoms. The number of nitrogens with one attached hydrogen (secondary N) is 1. The third kappa shape index (κ3) is 7.51. The first-order valence-corrected chi connectivity index (χ1v) is 4.74. The third-order valence-electron chi connectivity index (χ3n) is 2.06. The van der Waals surface area contributed by atoms with Crippen LogP contribution in [0.4, 0.5) is 0 Å². The number of rotatable bonds is 5. The molecule has 0 heterocycles. The Labute approximate surface area is 109 Å². The molecular formula is C11H19Cl2N3. The molecule has 0 atom stereocenters. The third-order valence-corrected chi connectivity index (χ3v) is 2.06. The minimum Gasteiger partial charge on any atom is -0.388 e. The van der Waals surface area contributed by atoms with Crippen LogP contribution < -0.4 is 5.73 Å². The van der Waals surface area contributed by atoms with E-state index in [0.29, 0.717) is 6.42 Å². The average molecular weight is 264 g/mol. The van der Waals surface area contributed by atoms with Crippen LogP contribution in [0.1, 0.15) is 12.0 Å². The highest BCUT2D eigenvalue weighted by Gasteiger charge is 1.99. The van der Waals surface area contributed by atoms with Crippen molar-refractivity contribution in [2.75, 3.05) is 13.6 Å². The standard InChI is InChI=1S/C11H17N3.2ClH/c1-14(8-7-11(12)13)9-10-5-3-2-4-6-10;;/h2-6H,7-9H2,1H3,(H3,12,13);2*1H. The molecule has 5 heteroatoms. The molecule has 0 saturated carbocycles. The van der Waals surface area contributed by atoms with Gasteiger partial charge in [-0.3, -0.25) is 5.41 Å². The molecular weight excluding hydrogens is 245 g/mol. The molecule has 0 aliphatic rings. The smallest absolute Gasteiger partial charge is 0.0918 e. The van der Waals surface area contributed by atoms with Gasteiger partial charge in [-0.15, -0.1) is 24.8 Å². The van der Waals surface area contributed by atoms with Crippen LogP contribution in [0.25, 0.3) is 0 Å². The fraction of sp³-hybridized carbons (Fsp3) is 0.364. The molecule has 0 amide bonds. The van der Waals surface area contributed by atoms with Crippen molar-refractivity contribution in [2.45, 2.75) is 13.0 Å². The number of nitrogens with two attached hydrogens (primary N) is 1. The Bertz CT molecular complexity index is 291. The number of hydrogen-bond acceptors (Lipinski definition) is 2. The largest absolute Gasteiger partial charge is 0.388 e. The molecule has 3 nitrogen and oxygen atoms in total. The van der Waals surface area contributed by atoms with E-state index in [2.05, 4.69) is 17.0 Å². The first-order chi connectivity index (χ1) is 6.68. The lowest BCUT2D eigenvalue weighted by Gasteiger charge is -2.15. The second kappa shape index (κ2) is 9.46. The lowest BCUT2D eigenvalue weighted by atomic mass is 10.2. The fourth-order valence-corrected chi connectivity index (χ4v) is 1.29. The van der Waals surface area contributed by atoms with E-state index in [0.717, 1.165) is 13.1 Å². The summed E-state index contributed by atoms with van der Waals surface area (Å²) in [6, 6.07) is 10.3. The number of hydrogen-bond donors (Lipinski definition) is 2. The maximum atomic E-state index is 7.12. The normalized spacial score (nSPS) is 9.12. The van der Waals surface area contributed by atoms with Crippen LogP contribution in [0.3, 0.4) is 0 Å². The molecule has 0 radical (unpaired) electrons. The van der Waals surface area contributed by atoms with Crippen molar-refractivity contribution >= 4 is 30.6 Å². The molecule has 16 heavy (non-hydrogen) atoms. The van der Waals surface area contributed by atoms with Gasteiger partial charge in [-0.2, -0.15) is 0 Å². The first kappa shape index (κ1) is 17.6. The van der Waals surface area contributed by atoms with Crippen molar-refractivity contribution in [3.63, 3.8) is 0 Å². The highest BCUT2D eigenvalue weighted by molar-refractivity contribution is 5.85. The quantitative estimate of drug-likeness (QED) is 0.633. The van der Waals surface area contributed by atoms with Gasteiger partial charge < -0.3 is 10.6 Å². The Morgan fingerprint density at radius 2 is 1.81 bits per heavy atom. The lowest BCUT2D eigenvalue weighted by molar-refractivity contribution is 0.336. The number of halogens is 2. The highest BCUT2D eigenvalue weighted by atomic mass is 35.5. The van der Waals surface area contributed by atoms with Crippen molar-refractivity contribution in [3.05, 3.63) is 35.9 Å². The average Bonchev–Trinajstić information content (AvgIpc) is 2.16. The second-order valence-electron chi connectivity index (χ2n) is 3.50. The zero-order chi connectivity index (χ0) is 10.4. The number of nitrogens with zero attached hydrogens (tertiary/aromatic N) is 1. The predicted octanol–water partition coefficient (Wildman–Crippen LogP) is 2.29. The minimum absolute atomic E-state index is 0. The van der Waals surface area contributed by atoms with Crippen LogP contribution in [-0.4, -0.2) is 24.3 Å². The van der Waals surface area contributed by atoms with Crippen LogP contribution in [0.2, 0.25) is 0 Å². The van der Waals surface area contributed by atoms with E-state index in [9.17, 15) is 0 Å². The molecule has 0 saturated heterocycles. The van der Waals surface area contributed by atoms with Crippen molar-refractivity contribution < 1.29 is 0 Å². The van der Waals surface area contributed by atoms with Gasteiger partial charge in [0.25, 0.3) is 0 Å². The summed E-state index contributed by atoms with van der Waals surface area (Å²) in [7, 11) is 2.04. The number of benzene rings is 1. The molecule has 0 aliphatic heterocycles. The lowest BCUT2D eigenvalue weighted by Crippen LogP contribution is -2.23. The molecule has 1 aromatic carbocycles. The van der Waals surface area contributed by atoms with E-state index >= 15 is 0 Å². The minimum atomic E-state index is 0. The van der Waals surface area contributed by atoms with E-state index in [4.69, 9.17) is 11.1 Å². The van der Waals surface area contributed by atoms with Gasteiger partial charge in [-0.25, -0.2) is 0 Å². The molecule has 0 aliphatic carbocycles. The molecule has 92 valence electrons. The molecule has 0 unspecified atom stereocenters. The molecule has 0 spiro atoms. The highest BCUT2D eigenvalue weighted by Crippen LogP contribution is 2.02. The van der Waals surface area contributed by atoms with Crippen LogP contribution in [-0.2, 0) is 6.54 Å². The van der Waals surface area contributed by atoms with Gasteiger partial charge >= 0.3 is 0 Å². The predicted molar refractivity (Wildman–Crippen MR) is 73.8 cm³/mol. The summed E-state index contributed by atoms with van der Waals surface area (Å²) < 4.78 is 0. The Balaban J connectivity index is 0. The maximum absolute atomic E-state index is 7.12. The Hall–Kier alpha value is -0.770. The van der Waals surface area contributed by atoms with Gasteiger partial charge in [-0.05, 0) is 12.6 Å². The van der Waals surface area contributed by atoms with Gasteiger partial charge in [-0.1, -0.05) is 30.3 Å². The number of amidine groups is 1. The zero-order valence-electron chi connectivity index (χ0n) is 9.35. The topological polar surface area (TPSA) is 53.1 Å². The van der Waals surface area contributed by atoms with Gasteiger partial charge in [0.2, 0.25) is 0 Å². The SMILES string of the molecule is CN(CCC(=N)N)Cc1ccccc1.Cl.Cl. The van der Waals surface area contributed by atoms with Crippen LogP contribution in [0, 0.1) is 5.41 Å². The maximum Gasteiger partial charge on any atom is 0.0918 e. The van der Waals surface area contributed by atoms with E-state index in [1.807, 2.05) is 25.2 Å². The van der Waals surface area contributed by atoms with Crippen LogP contribution in [0.15, 0.2) is 30.3 Å². The second-order valence-corrected chi connectivity index (χ2v) is 3.50. The van der Waals surface area contributed by atoms with Crippen molar-refractivity contribution in [3.8, 4) is 0 Å². The first-order valence-electron chi connectivity index (χ1n) is 4.74. The summed E-state index contributed by atoms with van der Waals surface area (Å²) in [4.78, 5) is 2.16. The van der Waals surface area contributed by atoms with Gasteiger partial charge in [0.05, 0.1) is 5.84 Å². The molecule has 0 aromatic heterocycles. The summed E-state index contributed by atoms with van der Waals surface area (Å²) in [5.74, 6) is 0.255. The summed E-state index contributed by atoms with van der Waals surface area (Å²) in [6.07, 6.45) is 0.642. The van der Waals surface area contributed by atoms with Crippen molar-refractivity contribution in [1.29, 1.82) is 5.41 Å². The summed E-state index contributed by atoms with van der Waals surface area (Å²) in [5, 5.41) is 7.12. The monoisotopic (exact) mass is 263 g/mol. The van der Waals surface area contributed by atoms with Crippen molar-refractivity contribution in [2.24, 2.45) is 5.73 Å². The fourth-order valence-electron chi connectivity index (χ4n) is 1.29. The summed E-state index contributed by atoms with van der Waals surface area (Å²) in [5.41, 5.74) is 6.58. The molecule has 3 N–H and O–H groups in total. The van der Waals surface area contributed by atoms with Gasteiger partial charge in [0, 0.05) is 19.5 Å². The summed E-state index contributed by atoms with van der Waals surface area (Å²) >= 11 is 0. The Morgan fingerprint density at radius 3 is 2.31 bits per heavy atom. The van der Waals surface area contributed by atoms with Crippen molar-refractivity contribution in [1.82, 2.24) is 4.90 Å².